The van der Waals surface area contributed by atoms with E-state index in [4.69, 9.17) is 9.47 Å². The molecule has 1 N–H and O–H groups in total. The number of rotatable bonds is 7. The Hall–Kier alpha value is -1.06. The molecule has 1 aliphatic carbocycles. The Morgan fingerprint density at radius 3 is 2.52 bits per heavy atom. The summed E-state index contributed by atoms with van der Waals surface area (Å²) < 4.78 is 11.5. The van der Waals surface area contributed by atoms with E-state index >= 15 is 0 Å². The summed E-state index contributed by atoms with van der Waals surface area (Å²) in [5.74, 6) is 1.64. The van der Waals surface area contributed by atoms with Crippen molar-refractivity contribution in [3.05, 3.63) is 29.8 Å². The van der Waals surface area contributed by atoms with Gasteiger partial charge in [-0.25, -0.2) is 0 Å². The van der Waals surface area contributed by atoms with Gasteiger partial charge in [0.05, 0.1) is 25.9 Å². The zero-order valence-corrected chi connectivity index (χ0v) is 13.6. The number of hydrogen-bond acceptors (Lipinski definition) is 3. The van der Waals surface area contributed by atoms with Gasteiger partial charge in [0.2, 0.25) is 0 Å². The second-order valence-corrected chi connectivity index (χ2v) is 5.94. The maximum Gasteiger partial charge on any atom is 0.118 e. The normalized spacial score (nSPS) is 23.8. The van der Waals surface area contributed by atoms with E-state index in [1.807, 2.05) is 19.2 Å². The summed E-state index contributed by atoms with van der Waals surface area (Å²) in [5.41, 5.74) is 1.25. The molecular weight excluding hydrogens is 262 g/mol. The van der Waals surface area contributed by atoms with E-state index in [1.54, 1.807) is 7.11 Å². The largest absolute Gasteiger partial charge is 0.497 e. The fraction of sp³-hybridized carbons (Fsp3) is 0.667. The van der Waals surface area contributed by atoms with Crippen LogP contribution in [0.15, 0.2) is 24.3 Å². The van der Waals surface area contributed by atoms with E-state index in [9.17, 15) is 0 Å². The van der Waals surface area contributed by atoms with Crippen LogP contribution in [0.1, 0.15) is 50.6 Å². The number of nitrogens with one attached hydrogen (secondary N) is 1. The number of benzene rings is 1. The lowest BCUT2D eigenvalue weighted by atomic mass is 9.85. The molecule has 1 fully saturated rings. The first-order valence-corrected chi connectivity index (χ1v) is 8.21. The van der Waals surface area contributed by atoms with Crippen LogP contribution in [-0.2, 0) is 4.74 Å². The number of ether oxygens (including phenoxy) is 2. The zero-order chi connectivity index (χ0) is 15.1. The summed E-state index contributed by atoms with van der Waals surface area (Å²) >= 11 is 0. The highest BCUT2D eigenvalue weighted by molar-refractivity contribution is 5.29. The van der Waals surface area contributed by atoms with Gasteiger partial charge in [-0.15, -0.1) is 0 Å². The van der Waals surface area contributed by atoms with Gasteiger partial charge in [0, 0.05) is 0 Å². The zero-order valence-electron chi connectivity index (χ0n) is 13.6. The van der Waals surface area contributed by atoms with E-state index in [2.05, 4.69) is 24.4 Å². The van der Waals surface area contributed by atoms with Gasteiger partial charge in [-0.05, 0) is 43.5 Å². The monoisotopic (exact) mass is 291 g/mol. The summed E-state index contributed by atoms with van der Waals surface area (Å²) in [4.78, 5) is 0. The second-order valence-electron chi connectivity index (χ2n) is 5.94. The lowest BCUT2D eigenvalue weighted by Gasteiger charge is -2.32. The Kier molecular flexibility index (Phi) is 6.52. The molecule has 2 rings (SSSR count). The van der Waals surface area contributed by atoms with Crippen LogP contribution in [0.4, 0.5) is 0 Å². The van der Waals surface area contributed by atoms with Crippen molar-refractivity contribution >= 4 is 0 Å². The molecule has 1 saturated carbocycles. The third-order valence-electron chi connectivity index (χ3n) is 4.71. The predicted octanol–water partition coefficient (Wildman–Crippen LogP) is 3.94. The van der Waals surface area contributed by atoms with Crippen molar-refractivity contribution in [1.82, 2.24) is 5.32 Å². The highest BCUT2D eigenvalue weighted by Gasteiger charge is 2.25. The quantitative estimate of drug-likeness (QED) is 0.825. The van der Waals surface area contributed by atoms with Crippen LogP contribution in [0.2, 0.25) is 0 Å². The molecule has 3 atom stereocenters. The van der Waals surface area contributed by atoms with Crippen molar-refractivity contribution in [3.8, 4) is 5.75 Å². The molecule has 0 aromatic heterocycles. The van der Waals surface area contributed by atoms with Gasteiger partial charge in [0.1, 0.15) is 5.75 Å². The first-order valence-electron chi connectivity index (χ1n) is 8.21. The van der Waals surface area contributed by atoms with Gasteiger partial charge < -0.3 is 14.8 Å². The average Bonchev–Trinajstić information content (AvgIpc) is 2.56. The number of likely N-dealkylation sites (N-methyl/N-ethyl adjacent to an activating group) is 1. The summed E-state index contributed by atoms with van der Waals surface area (Å²) in [6, 6.07) is 8.49. The van der Waals surface area contributed by atoms with Gasteiger partial charge in [-0.3, -0.25) is 0 Å². The Morgan fingerprint density at radius 2 is 1.90 bits per heavy atom. The minimum absolute atomic E-state index is 0.246. The summed E-state index contributed by atoms with van der Waals surface area (Å²) in [5, 5.41) is 3.36. The molecule has 1 aromatic carbocycles. The van der Waals surface area contributed by atoms with Crippen molar-refractivity contribution in [2.45, 2.75) is 51.2 Å². The van der Waals surface area contributed by atoms with Crippen LogP contribution in [0, 0.1) is 5.92 Å². The first-order chi connectivity index (χ1) is 10.3. The van der Waals surface area contributed by atoms with Crippen LogP contribution < -0.4 is 10.1 Å². The highest BCUT2D eigenvalue weighted by atomic mass is 16.5. The van der Waals surface area contributed by atoms with Gasteiger partial charge in [-0.1, -0.05) is 38.3 Å². The van der Waals surface area contributed by atoms with Crippen LogP contribution in [0.5, 0.6) is 5.75 Å². The standard InChI is InChI=1S/C18H29NO2/c1-4-14-7-5-6-8-18(14)21-13-17(19-2)15-9-11-16(20-3)12-10-15/h9-12,14,17-19H,4-8,13H2,1-3H3. The molecule has 1 aliphatic rings. The number of methoxy groups -OCH3 is 1. The molecule has 0 saturated heterocycles. The Labute approximate surface area is 129 Å². The molecule has 21 heavy (non-hydrogen) atoms. The molecule has 118 valence electrons. The molecular formula is C18H29NO2. The van der Waals surface area contributed by atoms with Crippen LogP contribution in [-0.4, -0.2) is 26.9 Å². The number of hydrogen-bond donors (Lipinski definition) is 1. The Balaban J connectivity index is 1.91. The second kappa shape index (κ2) is 8.40. The third-order valence-corrected chi connectivity index (χ3v) is 4.71. The third kappa shape index (κ3) is 4.45. The van der Waals surface area contributed by atoms with E-state index < -0.39 is 0 Å². The maximum absolute atomic E-state index is 6.26. The van der Waals surface area contributed by atoms with Crippen molar-refractivity contribution in [3.63, 3.8) is 0 Å². The molecule has 0 spiro atoms. The van der Waals surface area contributed by atoms with Crippen molar-refractivity contribution in [2.75, 3.05) is 20.8 Å². The highest BCUT2D eigenvalue weighted by Crippen LogP contribution is 2.30. The summed E-state index contributed by atoms with van der Waals surface area (Å²) in [6.07, 6.45) is 6.90. The fourth-order valence-electron chi connectivity index (χ4n) is 3.26. The van der Waals surface area contributed by atoms with Gasteiger partial charge in [-0.2, -0.15) is 0 Å². The van der Waals surface area contributed by atoms with Crippen molar-refractivity contribution in [1.29, 1.82) is 0 Å². The molecule has 0 amide bonds. The molecule has 1 aromatic rings. The smallest absolute Gasteiger partial charge is 0.118 e. The van der Waals surface area contributed by atoms with E-state index in [-0.39, 0.29) is 6.04 Å². The lowest BCUT2D eigenvalue weighted by molar-refractivity contribution is -0.0210. The molecule has 3 unspecified atom stereocenters. The van der Waals surface area contributed by atoms with E-state index in [0.717, 1.165) is 18.3 Å². The molecule has 0 radical (unpaired) electrons. The SMILES string of the molecule is CCC1CCCCC1OCC(NC)c1ccc(OC)cc1. The molecule has 0 bridgehead atoms. The Bertz CT molecular complexity index is 404. The van der Waals surface area contributed by atoms with Gasteiger partial charge in [0.15, 0.2) is 0 Å². The minimum Gasteiger partial charge on any atom is -0.497 e. The van der Waals surface area contributed by atoms with Crippen molar-refractivity contribution < 1.29 is 9.47 Å². The molecule has 3 heteroatoms. The van der Waals surface area contributed by atoms with Crippen LogP contribution >= 0.6 is 0 Å². The topological polar surface area (TPSA) is 30.5 Å². The van der Waals surface area contributed by atoms with E-state index in [0.29, 0.717) is 6.10 Å². The molecule has 3 nitrogen and oxygen atoms in total. The van der Waals surface area contributed by atoms with Crippen LogP contribution in [0.3, 0.4) is 0 Å². The summed E-state index contributed by atoms with van der Waals surface area (Å²) in [6.45, 7) is 3.02. The van der Waals surface area contributed by atoms with Crippen molar-refractivity contribution in [2.24, 2.45) is 5.92 Å². The summed E-state index contributed by atoms with van der Waals surface area (Å²) in [7, 11) is 3.69. The molecule has 0 aliphatic heterocycles. The lowest BCUT2D eigenvalue weighted by Crippen LogP contribution is -2.31. The van der Waals surface area contributed by atoms with E-state index in [1.165, 1.54) is 37.7 Å². The Morgan fingerprint density at radius 1 is 1.19 bits per heavy atom. The van der Waals surface area contributed by atoms with Crippen LogP contribution in [0.25, 0.3) is 0 Å². The van der Waals surface area contributed by atoms with Gasteiger partial charge in [0.25, 0.3) is 0 Å². The fourth-order valence-corrected chi connectivity index (χ4v) is 3.26. The predicted molar refractivity (Wildman–Crippen MR) is 86.8 cm³/mol. The van der Waals surface area contributed by atoms with Gasteiger partial charge >= 0.3 is 0 Å². The maximum atomic E-state index is 6.26. The molecule has 0 heterocycles. The minimum atomic E-state index is 0.246. The average molecular weight is 291 g/mol. The first kappa shape index (κ1) is 16.3.